The fraction of sp³-hybridized carbons (Fsp3) is 0.308. The molecule has 0 atom stereocenters. The molecular formula is C13H12N4O2S. The van der Waals surface area contributed by atoms with Crippen molar-refractivity contribution in [2.45, 2.75) is 25.2 Å². The van der Waals surface area contributed by atoms with Gasteiger partial charge >= 0.3 is 0 Å². The van der Waals surface area contributed by atoms with Crippen molar-refractivity contribution < 1.29 is 10.2 Å². The Bertz CT molecular complexity index is 791. The minimum atomic E-state index is -0.150. The van der Waals surface area contributed by atoms with Gasteiger partial charge in [0.1, 0.15) is 0 Å². The lowest BCUT2D eigenvalue weighted by atomic mass is 9.85. The van der Waals surface area contributed by atoms with Crippen molar-refractivity contribution >= 4 is 16.3 Å². The molecule has 102 valence electrons. The lowest BCUT2D eigenvalue weighted by Crippen LogP contribution is -2.12. The van der Waals surface area contributed by atoms with Gasteiger partial charge in [0.2, 0.25) is 4.96 Å². The molecule has 20 heavy (non-hydrogen) atoms. The lowest BCUT2D eigenvalue weighted by molar-refractivity contribution is 0.395. The second-order valence-corrected chi connectivity index (χ2v) is 5.92. The number of rotatable bonds is 2. The van der Waals surface area contributed by atoms with Gasteiger partial charge < -0.3 is 10.2 Å². The Balaban J connectivity index is 1.84. The predicted octanol–water partition coefficient (Wildman–Crippen LogP) is 2.53. The van der Waals surface area contributed by atoms with E-state index in [-0.39, 0.29) is 11.5 Å². The summed E-state index contributed by atoms with van der Waals surface area (Å²) < 4.78 is 1.76. The highest BCUT2D eigenvalue weighted by atomic mass is 32.1. The summed E-state index contributed by atoms with van der Waals surface area (Å²) in [5.41, 5.74) is 0.514. The van der Waals surface area contributed by atoms with Crippen LogP contribution in [0.4, 0.5) is 0 Å². The van der Waals surface area contributed by atoms with Crippen LogP contribution in [0.3, 0.4) is 0 Å². The fourth-order valence-electron chi connectivity index (χ4n) is 2.37. The highest BCUT2D eigenvalue weighted by Crippen LogP contribution is 2.40. The molecule has 0 aliphatic heterocycles. The molecular weight excluding hydrogens is 276 g/mol. The minimum absolute atomic E-state index is 0.146. The van der Waals surface area contributed by atoms with Crippen LogP contribution in [0.1, 0.15) is 31.0 Å². The van der Waals surface area contributed by atoms with Crippen LogP contribution >= 0.6 is 11.3 Å². The summed E-state index contributed by atoms with van der Waals surface area (Å²) in [7, 11) is 0. The second-order valence-electron chi connectivity index (χ2n) is 4.96. The Kier molecular flexibility index (Phi) is 2.43. The van der Waals surface area contributed by atoms with Crippen molar-refractivity contribution in [1.82, 2.24) is 19.8 Å². The van der Waals surface area contributed by atoms with E-state index in [0.717, 1.165) is 18.7 Å². The zero-order chi connectivity index (χ0) is 13.7. The first-order valence-electron chi connectivity index (χ1n) is 6.47. The number of hydrogen-bond acceptors (Lipinski definition) is 6. The van der Waals surface area contributed by atoms with Gasteiger partial charge in [0, 0.05) is 5.92 Å². The maximum atomic E-state index is 9.92. The fourth-order valence-corrected chi connectivity index (χ4v) is 3.24. The number of phenolic OH excluding ortho intramolecular Hbond substituents is 2. The Morgan fingerprint density at radius 1 is 1.20 bits per heavy atom. The van der Waals surface area contributed by atoms with Crippen LogP contribution in [0.25, 0.3) is 15.5 Å². The molecule has 0 saturated heterocycles. The van der Waals surface area contributed by atoms with E-state index in [1.165, 1.54) is 23.8 Å². The van der Waals surface area contributed by atoms with E-state index in [1.54, 1.807) is 16.6 Å². The zero-order valence-electron chi connectivity index (χ0n) is 10.5. The number of aromatic nitrogens is 4. The summed E-state index contributed by atoms with van der Waals surface area (Å²) in [6.45, 7) is 0. The third-order valence-electron chi connectivity index (χ3n) is 3.73. The molecule has 4 rings (SSSR count). The maximum absolute atomic E-state index is 9.92. The molecule has 3 aromatic rings. The summed E-state index contributed by atoms with van der Waals surface area (Å²) in [4.78, 5) is 0.713. The third kappa shape index (κ3) is 1.59. The van der Waals surface area contributed by atoms with Crippen LogP contribution in [-0.2, 0) is 0 Å². The van der Waals surface area contributed by atoms with Crippen molar-refractivity contribution in [3.8, 4) is 22.1 Å². The molecule has 0 radical (unpaired) electrons. The first kappa shape index (κ1) is 11.7. The van der Waals surface area contributed by atoms with Gasteiger partial charge in [-0.25, -0.2) is 0 Å². The average Bonchev–Trinajstić information content (AvgIpc) is 2.93. The van der Waals surface area contributed by atoms with Crippen LogP contribution in [0.15, 0.2) is 18.2 Å². The molecule has 1 aliphatic carbocycles. The number of hydrogen-bond donors (Lipinski definition) is 2. The molecule has 6 nitrogen and oxygen atoms in total. The molecule has 1 fully saturated rings. The number of nitrogens with zero attached hydrogens (tertiary/aromatic N) is 4. The largest absolute Gasteiger partial charge is 0.504 e. The predicted molar refractivity (Wildman–Crippen MR) is 74.0 cm³/mol. The minimum Gasteiger partial charge on any atom is -0.504 e. The quantitative estimate of drug-likeness (QED) is 0.708. The molecule has 1 aromatic carbocycles. The summed E-state index contributed by atoms with van der Waals surface area (Å²) >= 11 is 1.35. The Labute approximate surface area is 118 Å². The van der Waals surface area contributed by atoms with Gasteiger partial charge in [0.15, 0.2) is 22.3 Å². The zero-order valence-corrected chi connectivity index (χ0v) is 11.3. The van der Waals surface area contributed by atoms with Gasteiger partial charge in [-0.2, -0.15) is 9.61 Å². The van der Waals surface area contributed by atoms with Gasteiger partial charge in [-0.05, 0) is 25.0 Å². The van der Waals surface area contributed by atoms with Crippen LogP contribution in [-0.4, -0.2) is 30.0 Å². The number of para-hydroxylation sites is 1. The van der Waals surface area contributed by atoms with Gasteiger partial charge in [-0.1, -0.05) is 23.8 Å². The van der Waals surface area contributed by atoms with Crippen LogP contribution < -0.4 is 0 Å². The molecule has 1 aliphatic rings. The van der Waals surface area contributed by atoms with E-state index < -0.39 is 0 Å². The molecule has 0 bridgehead atoms. The van der Waals surface area contributed by atoms with Crippen molar-refractivity contribution in [3.63, 3.8) is 0 Å². The average molecular weight is 288 g/mol. The van der Waals surface area contributed by atoms with Crippen molar-refractivity contribution in [2.24, 2.45) is 0 Å². The molecule has 2 heterocycles. The molecule has 0 unspecified atom stereocenters. The van der Waals surface area contributed by atoms with Crippen LogP contribution in [0.2, 0.25) is 0 Å². The van der Waals surface area contributed by atoms with E-state index in [2.05, 4.69) is 15.3 Å². The SMILES string of the molecule is Oc1cccc(-c2nn3c(C4CCC4)nnc3s2)c1O. The molecule has 0 amide bonds. The second kappa shape index (κ2) is 4.17. The maximum Gasteiger partial charge on any atom is 0.234 e. The Morgan fingerprint density at radius 2 is 2.05 bits per heavy atom. The number of phenols is 2. The van der Waals surface area contributed by atoms with E-state index in [9.17, 15) is 10.2 Å². The number of benzene rings is 1. The lowest BCUT2D eigenvalue weighted by Gasteiger charge is -2.22. The van der Waals surface area contributed by atoms with E-state index in [4.69, 9.17) is 0 Å². The number of fused-ring (bicyclic) bond motifs is 1. The van der Waals surface area contributed by atoms with Gasteiger partial charge in [-0.15, -0.1) is 10.2 Å². The van der Waals surface area contributed by atoms with E-state index in [1.807, 2.05) is 0 Å². The third-order valence-corrected chi connectivity index (χ3v) is 4.66. The highest BCUT2D eigenvalue weighted by Gasteiger charge is 2.26. The van der Waals surface area contributed by atoms with Crippen molar-refractivity contribution in [3.05, 3.63) is 24.0 Å². The Hall–Kier alpha value is -2.15. The highest BCUT2D eigenvalue weighted by molar-refractivity contribution is 7.19. The van der Waals surface area contributed by atoms with E-state index >= 15 is 0 Å². The summed E-state index contributed by atoms with van der Waals surface area (Å²) in [6, 6.07) is 4.85. The summed E-state index contributed by atoms with van der Waals surface area (Å²) in [5.74, 6) is 1.04. The van der Waals surface area contributed by atoms with Gasteiger partial charge in [0.05, 0.1) is 5.56 Å². The molecule has 2 aromatic heterocycles. The molecule has 7 heteroatoms. The normalized spacial score (nSPS) is 15.6. The Morgan fingerprint density at radius 3 is 2.80 bits per heavy atom. The smallest absolute Gasteiger partial charge is 0.234 e. The van der Waals surface area contributed by atoms with E-state index in [0.29, 0.717) is 21.4 Å². The van der Waals surface area contributed by atoms with Crippen molar-refractivity contribution in [1.29, 1.82) is 0 Å². The monoisotopic (exact) mass is 288 g/mol. The first-order chi connectivity index (χ1) is 9.74. The van der Waals surface area contributed by atoms with Gasteiger partial charge in [0.25, 0.3) is 0 Å². The van der Waals surface area contributed by atoms with Crippen LogP contribution in [0.5, 0.6) is 11.5 Å². The van der Waals surface area contributed by atoms with Crippen LogP contribution in [0, 0.1) is 0 Å². The topological polar surface area (TPSA) is 83.5 Å². The summed E-state index contributed by atoms with van der Waals surface area (Å²) in [5, 5.41) is 33.0. The standard InChI is InChI=1S/C13H12N4O2S/c18-9-6-2-5-8(10(9)19)12-16-17-11(7-3-1-4-7)14-15-13(17)20-12/h2,5-7,18-19H,1,3-4H2. The van der Waals surface area contributed by atoms with Crippen molar-refractivity contribution in [2.75, 3.05) is 0 Å². The number of aromatic hydroxyl groups is 2. The molecule has 1 saturated carbocycles. The summed E-state index contributed by atoms with van der Waals surface area (Å²) in [6.07, 6.45) is 3.49. The van der Waals surface area contributed by atoms with Gasteiger partial charge in [-0.3, -0.25) is 0 Å². The first-order valence-corrected chi connectivity index (χ1v) is 7.29. The molecule has 0 spiro atoms. The molecule has 2 N–H and O–H groups in total.